The molecular weight excluding hydrogens is 398 g/mol. The Bertz CT molecular complexity index is 777. The molecule has 31 heavy (non-hydrogen) atoms. The number of epoxide rings is 1. The fraction of sp³-hybridized carbons (Fsp3) is 0.792. The summed E-state index contributed by atoms with van der Waals surface area (Å²) in [4.78, 5) is 14.8. The highest BCUT2D eigenvalue weighted by Crippen LogP contribution is 2.62. The third-order valence-corrected chi connectivity index (χ3v) is 8.24. The second-order valence-electron chi connectivity index (χ2n) is 10.6. The zero-order chi connectivity index (χ0) is 21.6. The Morgan fingerprint density at radius 1 is 1.39 bits per heavy atom. The van der Waals surface area contributed by atoms with Gasteiger partial charge in [-0.2, -0.15) is 0 Å². The Balaban J connectivity index is 1.15. The minimum atomic E-state index is -0.621. The van der Waals surface area contributed by atoms with E-state index >= 15 is 0 Å². The standard InChI is InChI=1S/C24H35NO6/c1-23-6-4-7-24(15-30-24)21(23)9-18-19(22(27)31-20(18)10-23)12-25(2)11-16(26)13-28-14-17-5-3-8-29-17/h3,5,8,16,18-21,26H,4,6-7,9-15H2,1-2H3. The van der Waals surface area contributed by atoms with E-state index in [0.717, 1.165) is 31.6 Å². The van der Waals surface area contributed by atoms with E-state index in [9.17, 15) is 9.90 Å². The molecule has 4 aliphatic rings. The number of aliphatic hydroxyl groups excluding tert-OH is 1. The summed E-state index contributed by atoms with van der Waals surface area (Å²) in [6.07, 6.45) is 6.57. The summed E-state index contributed by atoms with van der Waals surface area (Å²) >= 11 is 0. The number of esters is 1. The second-order valence-corrected chi connectivity index (χ2v) is 10.6. The summed E-state index contributed by atoms with van der Waals surface area (Å²) in [5, 5.41) is 10.4. The predicted molar refractivity (Wildman–Crippen MR) is 112 cm³/mol. The third kappa shape index (κ3) is 4.17. The zero-order valence-electron chi connectivity index (χ0n) is 18.6. The van der Waals surface area contributed by atoms with Crippen molar-refractivity contribution < 1.29 is 28.5 Å². The maximum absolute atomic E-state index is 12.8. The summed E-state index contributed by atoms with van der Waals surface area (Å²) in [5.41, 5.74) is 0.292. The first-order valence-electron chi connectivity index (χ1n) is 11.7. The quantitative estimate of drug-likeness (QED) is 0.498. The molecule has 1 aromatic heterocycles. The largest absolute Gasteiger partial charge is 0.467 e. The van der Waals surface area contributed by atoms with Crippen LogP contribution >= 0.6 is 0 Å². The Morgan fingerprint density at radius 3 is 2.97 bits per heavy atom. The normalized spacial score (nSPS) is 39.9. The molecule has 2 saturated carbocycles. The first-order chi connectivity index (χ1) is 14.9. The number of likely N-dealkylation sites (N-methyl/N-ethyl adjacent to an activating group) is 1. The highest BCUT2D eigenvalue weighted by atomic mass is 16.6. The average molecular weight is 434 g/mol. The molecule has 1 N–H and O–H groups in total. The molecule has 172 valence electrons. The van der Waals surface area contributed by atoms with Crippen molar-refractivity contribution in [1.29, 1.82) is 0 Å². The molecule has 3 heterocycles. The molecule has 1 spiro atoms. The lowest BCUT2D eigenvalue weighted by atomic mass is 9.53. The SMILES string of the molecule is CN(CC(O)COCc1ccco1)CC1C(=O)OC2CC3(C)CCCC4(CO4)C3CC21. The van der Waals surface area contributed by atoms with E-state index < -0.39 is 6.10 Å². The number of carbonyl (C=O) groups is 1. The van der Waals surface area contributed by atoms with E-state index in [0.29, 0.717) is 25.6 Å². The van der Waals surface area contributed by atoms with Crippen molar-refractivity contribution in [3.8, 4) is 0 Å². The topological polar surface area (TPSA) is 84.7 Å². The second kappa shape index (κ2) is 8.18. The van der Waals surface area contributed by atoms with E-state index in [-0.39, 0.29) is 41.5 Å². The summed E-state index contributed by atoms with van der Waals surface area (Å²) < 4.78 is 22.7. The molecule has 2 aliphatic carbocycles. The lowest BCUT2D eigenvalue weighted by Crippen LogP contribution is -2.51. The highest BCUT2D eigenvalue weighted by Gasteiger charge is 2.65. The zero-order valence-corrected chi connectivity index (χ0v) is 18.6. The lowest BCUT2D eigenvalue weighted by molar-refractivity contribution is -0.147. The fourth-order valence-electron chi connectivity index (χ4n) is 6.68. The number of rotatable bonds is 8. The van der Waals surface area contributed by atoms with E-state index in [4.69, 9.17) is 18.6 Å². The number of nitrogens with zero attached hydrogens (tertiary/aromatic N) is 1. The molecule has 5 rings (SSSR count). The van der Waals surface area contributed by atoms with Gasteiger partial charge in [0.1, 0.15) is 18.5 Å². The van der Waals surface area contributed by atoms with Gasteiger partial charge in [-0.05, 0) is 62.6 Å². The van der Waals surface area contributed by atoms with Crippen LogP contribution in [0.5, 0.6) is 0 Å². The molecular formula is C24H35NO6. The van der Waals surface area contributed by atoms with Crippen LogP contribution in [0.4, 0.5) is 0 Å². The van der Waals surface area contributed by atoms with Crippen molar-refractivity contribution in [3.05, 3.63) is 24.2 Å². The van der Waals surface area contributed by atoms with Crippen molar-refractivity contribution in [2.45, 2.75) is 63.4 Å². The first kappa shape index (κ1) is 21.4. The van der Waals surface area contributed by atoms with Gasteiger partial charge in [-0.25, -0.2) is 0 Å². The van der Waals surface area contributed by atoms with Crippen LogP contribution < -0.4 is 0 Å². The summed E-state index contributed by atoms with van der Waals surface area (Å²) in [6, 6.07) is 3.66. The van der Waals surface area contributed by atoms with Crippen molar-refractivity contribution in [2.24, 2.45) is 23.2 Å². The van der Waals surface area contributed by atoms with E-state index in [2.05, 4.69) is 6.92 Å². The number of aliphatic hydroxyl groups is 1. The maximum atomic E-state index is 12.8. The van der Waals surface area contributed by atoms with Crippen LogP contribution in [0.1, 0.15) is 44.8 Å². The van der Waals surface area contributed by atoms with Gasteiger partial charge in [-0.3, -0.25) is 4.79 Å². The summed E-state index contributed by atoms with van der Waals surface area (Å²) in [6.45, 7) is 4.89. The fourth-order valence-corrected chi connectivity index (χ4v) is 6.68. The van der Waals surface area contributed by atoms with Gasteiger partial charge < -0.3 is 28.6 Å². The number of hydrogen-bond acceptors (Lipinski definition) is 7. The Hall–Kier alpha value is -1.41. The molecule has 7 unspecified atom stereocenters. The number of fused-ring (bicyclic) bond motifs is 3. The molecule has 7 heteroatoms. The molecule has 7 nitrogen and oxygen atoms in total. The smallest absolute Gasteiger partial charge is 0.310 e. The molecule has 4 fully saturated rings. The van der Waals surface area contributed by atoms with Gasteiger partial charge in [0, 0.05) is 19.0 Å². The van der Waals surface area contributed by atoms with Gasteiger partial charge in [0.05, 0.1) is 37.1 Å². The van der Waals surface area contributed by atoms with E-state index in [1.807, 2.05) is 24.1 Å². The van der Waals surface area contributed by atoms with Gasteiger partial charge in [0.15, 0.2) is 0 Å². The van der Waals surface area contributed by atoms with Crippen molar-refractivity contribution in [2.75, 3.05) is 33.4 Å². The van der Waals surface area contributed by atoms with Crippen LogP contribution in [0, 0.1) is 23.2 Å². The van der Waals surface area contributed by atoms with Gasteiger partial charge in [-0.1, -0.05) is 6.92 Å². The van der Waals surface area contributed by atoms with Crippen LogP contribution in [-0.4, -0.2) is 67.1 Å². The van der Waals surface area contributed by atoms with Gasteiger partial charge >= 0.3 is 5.97 Å². The number of furan rings is 1. The highest BCUT2D eigenvalue weighted by molar-refractivity contribution is 5.75. The third-order valence-electron chi connectivity index (χ3n) is 8.24. The van der Waals surface area contributed by atoms with Crippen molar-refractivity contribution in [1.82, 2.24) is 4.90 Å². The number of carbonyl (C=O) groups excluding carboxylic acids is 1. The van der Waals surface area contributed by atoms with Crippen molar-refractivity contribution >= 4 is 5.97 Å². The molecule has 7 atom stereocenters. The molecule has 2 saturated heterocycles. The van der Waals surface area contributed by atoms with Gasteiger partial charge in [0.2, 0.25) is 0 Å². The average Bonchev–Trinajstić information content (AvgIpc) is 3.15. The minimum absolute atomic E-state index is 0.0302. The van der Waals surface area contributed by atoms with Crippen LogP contribution in [0.25, 0.3) is 0 Å². The molecule has 1 aromatic rings. The van der Waals surface area contributed by atoms with Crippen LogP contribution in [0.2, 0.25) is 0 Å². The van der Waals surface area contributed by atoms with Crippen LogP contribution in [0.15, 0.2) is 22.8 Å². The van der Waals surface area contributed by atoms with Crippen molar-refractivity contribution in [3.63, 3.8) is 0 Å². The van der Waals surface area contributed by atoms with E-state index in [1.165, 1.54) is 12.8 Å². The predicted octanol–water partition coefficient (Wildman–Crippen LogP) is 2.62. The molecule has 0 bridgehead atoms. The maximum Gasteiger partial charge on any atom is 0.310 e. The molecule has 0 amide bonds. The number of hydrogen-bond donors (Lipinski definition) is 1. The lowest BCUT2D eigenvalue weighted by Gasteiger charge is -2.51. The molecule has 0 aromatic carbocycles. The van der Waals surface area contributed by atoms with E-state index in [1.54, 1.807) is 6.26 Å². The first-order valence-corrected chi connectivity index (χ1v) is 11.7. The van der Waals surface area contributed by atoms with Crippen LogP contribution in [-0.2, 0) is 25.6 Å². The molecule has 2 aliphatic heterocycles. The Kier molecular flexibility index (Phi) is 5.65. The summed E-state index contributed by atoms with van der Waals surface area (Å²) in [7, 11) is 1.95. The summed E-state index contributed by atoms with van der Waals surface area (Å²) in [5.74, 6) is 1.31. The Morgan fingerprint density at radius 2 is 2.23 bits per heavy atom. The van der Waals surface area contributed by atoms with Gasteiger partial charge in [0.25, 0.3) is 0 Å². The minimum Gasteiger partial charge on any atom is -0.467 e. The van der Waals surface area contributed by atoms with Gasteiger partial charge in [-0.15, -0.1) is 0 Å². The monoisotopic (exact) mass is 433 g/mol. The Labute approximate surface area is 184 Å². The van der Waals surface area contributed by atoms with Crippen LogP contribution in [0.3, 0.4) is 0 Å². The molecule has 0 radical (unpaired) electrons. The number of ether oxygens (including phenoxy) is 3.